The lowest BCUT2D eigenvalue weighted by Crippen LogP contribution is -2.01. The molecule has 0 saturated heterocycles. The minimum atomic E-state index is -1.11. The van der Waals surface area contributed by atoms with Crippen LogP contribution in [0.2, 0.25) is 0 Å². The SMILES string of the molecule is C.CN(S)c1cc2oc(-c3ccc(F)cc3)c(C(=O)O)c2cc1Br. The number of aromatic carboxylic acids is 1. The van der Waals surface area contributed by atoms with E-state index in [-0.39, 0.29) is 18.8 Å². The third-order valence-corrected chi connectivity index (χ3v) is 4.28. The largest absolute Gasteiger partial charge is 0.478 e. The summed E-state index contributed by atoms with van der Waals surface area (Å²) in [6.45, 7) is 0. The van der Waals surface area contributed by atoms with Crippen molar-refractivity contribution in [3.05, 3.63) is 52.3 Å². The third kappa shape index (κ3) is 3.14. The average Bonchev–Trinajstić information content (AvgIpc) is 2.85. The van der Waals surface area contributed by atoms with Gasteiger partial charge in [0.05, 0.1) is 5.69 Å². The van der Waals surface area contributed by atoms with Gasteiger partial charge in [-0.05, 0) is 46.3 Å². The van der Waals surface area contributed by atoms with Crippen LogP contribution in [0.4, 0.5) is 10.1 Å². The molecule has 3 rings (SSSR count). The molecule has 0 aliphatic heterocycles. The van der Waals surface area contributed by atoms with E-state index in [2.05, 4.69) is 28.7 Å². The van der Waals surface area contributed by atoms with Crippen molar-refractivity contribution in [2.75, 3.05) is 11.4 Å². The maximum atomic E-state index is 13.1. The van der Waals surface area contributed by atoms with Crippen molar-refractivity contribution in [2.24, 2.45) is 0 Å². The van der Waals surface area contributed by atoms with Crippen LogP contribution in [0.25, 0.3) is 22.3 Å². The number of halogens is 2. The Morgan fingerprint density at radius 2 is 1.92 bits per heavy atom. The minimum Gasteiger partial charge on any atom is -0.478 e. The molecule has 0 saturated carbocycles. The van der Waals surface area contributed by atoms with Crippen molar-refractivity contribution < 1.29 is 18.7 Å². The number of rotatable bonds is 3. The van der Waals surface area contributed by atoms with Gasteiger partial charge in [0.15, 0.2) is 0 Å². The van der Waals surface area contributed by atoms with Crippen molar-refractivity contribution in [3.8, 4) is 11.3 Å². The van der Waals surface area contributed by atoms with Crippen LogP contribution in [0.3, 0.4) is 0 Å². The number of carboxylic acid groups (broad SMARTS) is 1. The second kappa shape index (κ2) is 6.86. The molecule has 0 aliphatic carbocycles. The Morgan fingerprint density at radius 1 is 1.29 bits per heavy atom. The van der Waals surface area contributed by atoms with Crippen LogP contribution >= 0.6 is 28.7 Å². The highest BCUT2D eigenvalue weighted by molar-refractivity contribution is 9.10. The Labute approximate surface area is 152 Å². The molecule has 1 N–H and O–H groups in total. The Kier molecular flexibility index (Phi) is 5.25. The van der Waals surface area contributed by atoms with E-state index in [1.165, 1.54) is 24.3 Å². The van der Waals surface area contributed by atoms with E-state index < -0.39 is 11.8 Å². The molecule has 0 fully saturated rings. The van der Waals surface area contributed by atoms with Gasteiger partial charge in [0.2, 0.25) is 0 Å². The number of carbonyl (C=O) groups is 1. The van der Waals surface area contributed by atoms with Crippen LogP contribution in [-0.4, -0.2) is 18.1 Å². The van der Waals surface area contributed by atoms with E-state index in [9.17, 15) is 14.3 Å². The molecule has 0 unspecified atom stereocenters. The minimum absolute atomic E-state index is 0. The molecular weight excluding hydrogens is 397 g/mol. The van der Waals surface area contributed by atoms with Crippen LogP contribution in [0.15, 0.2) is 45.3 Å². The van der Waals surface area contributed by atoms with Gasteiger partial charge >= 0.3 is 5.97 Å². The molecule has 2 aromatic carbocycles. The number of furan rings is 1. The van der Waals surface area contributed by atoms with E-state index in [0.29, 0.717) is 21.0 Å². The molecule has 4 nitrogen and oxygen atoms in total. The number of hydrogen-bond donors (Lipinski definition) is 2. The zero-order valence-corrected chi connectivity index (χ0v) is 14.4. The normalized spacial score (nSPS) is 10.5. The zero-order chi connectivity index (χ0) is 16.7. The summed E-state index contributed by atoms with van der Waals surface area (Å²) in [5.74, 6) is -1.32. The van der Waals surface area contributed by atoms with Gasteiger partial charge in [-0.2, -0.15) is 0 Å². The van der Waals surface area contributed by atoms with Gasteiger partial charge in [0, 0.05) is 28.5 Å². The van der Waals surface area contributed by atoms with Gasteiger partial charge in [-0.15, -0.1) is 0 Å². The standard InChI is InChI=1S/C16H11BrFNO3S.CH4/c1-19(23)12-7-13-10(6-11(12)17)14(16(20)21)15(22-13)8-2-4-9(18)5-3-8;/h2-7,23H,1H3,(H,20,21);1H4. The second-order valence-electron chi connectivity index (χ2n) is 4.94. The number of benzene rings is 2. The number of thiol groups is 1. The first-order valence-corrected chi connectivity index (χ1v) is 7.75. The molecule has 7 heteroatoms. The first kappa shape index (κ1) is 18.4. The Bertz CT molecular complexity index is 906. The van der Waals surface area contributed by atoms with E-state index in [0.717, 1.165) is 5.69 Å². The summed E-state index contributed by atoms with van der Waals surface area (Å²) in [5.41, 5.74) is 1.69. The highest BCUT2D eigenvalue weighted by atomic mass is 79.9. The molecule has 0 bridgehead atoms. The van der Waals surface area contributed by atoms with Gasteiger partial charge < -0.3 is 13.8 Å². The number of hydrogen-bond acceptors (Lipinski definition) is 4. The van der Waals surface area contributed by atoms with E-state index >= 15 is 0 Å². The molecule has 1 aromatic heterocycles. The average molecular weight is 412 g/mol. The molecule has 0 amide bonds. The van der Waals surface area contributed by atoms with E-state index in [1.807, 2.05) is 0 Å². The molecule has 3 aromatic rings. The predicted molar refractivity (Wildman–Crippen MR) is 100 cm³/mol. The molecule has 1 heterocycles. The second-order valence-corrected chi connectivity index (χ2v) is 6.40. The summed E-state index contributed by atoms with van der Waals surface area (Å²) < 4.78 is 21.1. The lowest BCUT2D eigenvalue weighted by atomic mass is 10.1. The van der Waals surface area contributed by atoms with Gasteiger partial charge in [-0.3, -0.25) is 0 Å². The lowest BCUT2D eigenvalue weighted by molar-refractivity contribution is 0.0699. The van der Waals surface area contributed by atoms with Gasteiger partial charge in [-0.1, -0.05) is 20.2 Å². The molecule has 0 atom stereocenters. The van der Waals surface area contributed by atoms with Crippen molar-refractivity contribution in [2.45, 2.75) is 7.43 Å². The molecule has 24 heavy (non-hydrogen) atoms. The van der Waals surface area contributed by atoms with Crippen LogP contribution in [0.1, 0.15) is 17.8 Å². The van der Waals surface area contributed by atoms with Crippen molar-refractivity contribution in [1.82, 2.24) is 0 Å². The van der Waals surface area contributed by atoms with Gasteiger partial charge in [-0.25, -0.2) is 9.18 Å². The Balaban J connectivity index is 0.00000208. The number of fused-ring (bicyclic) bond motifs is 1. The number of carboxylic acids is 1. The first-order chi connectivity index (χ1) is 10.9. The van der Waals surface area contributed by atoms with Gasteiger partial charge in [0.1, 0.15) is 22.7 Å². The highest BCUT2D eigenvalue weighted by Crippen LogP contribution is 2.39. The summed E-state index contributed by atoms with van der Waals surface area (Å²) >= 11 is 7.64. The summed E-state index contributed by atoms with van der Waals surface area (Å²) in [5, 5.41) is 10.0. The van der Waals surface area contributed by atoms with Crippen molar-refractivity contribution in [1.29, 1.82) is 0 Å². The quantitative estimate of drug-likeness (QED) is 0.549. The van der Waals surface area contributed by atoms with Crippen molar-refractivity contribution >= 4 is 51.4 Å². The topological polar surface area (TPSA) is 53.7 Å². The summed E-state index contributed by atoms with van der Waals surface area (Å²) in [4.78, 5) is 11.7. The fourth-order valence-electron chi connectivity index (χ4n) is 2.37. The highest BCUT2D eigenvalue weighted by Gasteiger charge is 2.23. The summed E-state index contributed by atoms with van der Waals surface area (Å²) in [6, 6.07) is 8.87. The predicted octanol–water partition coefficient (Wildman–Crippen LogP) is 5.62. The zero-order valence-electron chi connectivity index (χ0n) is 11.9. The molecular formula is C17H15BrFNO3S. The molecule has 0 aliphatic rings. The number of nitrogens with zero attached hydrogens (tertiary/aromatic N) is 1. The maximum absolute atomic E-state index is 13.1. The van der Waals surface area contributed by atoms with E-state index in [4.69, 9.17) is 4.42 Å². The fraction of sp³-hybridized carbons (Fsp3) is 0.118. The van der Waals surface area contributed by atoms with Crippen LogP contribution < -0.4 is 4.31 Å². The van der Waals surface area contributed by atoms with Crippen molar-refractivity contribution in [3.63, 3.8) is 0 Å². The van der Waals surface area contributed by atoms with Crippen LogP contribution in [0.5, 0.6) is 0 Å². The Morgan fingerprint density at radius 3 is 2.46 bits per heavy atom. The summed E-state index contributed by atoms with van der Waals surface area (Å²) in [7, 11) is 1.75. The third-order valence-electron chi connectivity index (χ3n) is 3.43. The number of anilines is 1. The van der Waals surface area contributed by atoms with E-state index in [1.54, 1.807) is 23.5 Å². The van der Waals surface area contributed by atoms with Crippen LogP contribution in [-0.2, 0) is 0 Å². The first-order valence-electron chi connectivity index (χ1n) is 6.56. The molecule has 0 radical (unpaired) electrons. The molecule has 126 valence electrons. The lowest BCUT2D eigenvalue weighted by Gasteiger charge is -2.12. The van der Waals surface area contributed by atoms with Crippen LogP contribution in [0, 0.1) is 5.82 Å². The smallest absolute Gasteiger partial charge is 0.340 e. The maximum Gasteiger partial charge on any atom is 0.340 e. The Hall–Kier alpha value is -1.99. The molecule has 0 spiro atoms. The van der Waals surface area contributed by atoms with Gasteiger partial charge in [0.25, 0.3) is 0 Å². The summed E-state index contributed by atoms with van der Waals surface area (Å²) in [6.07, 6.45) is 0. The monoisotopic (exact) mass is 411 g/mol. The fourth-order valence-corrected chi connectivity index (χ4v) is 3.28.